The second-order valence-corrected chi connectivity index (χ2v) is 7.52. The Morgan fingerprint density at radius 2 is 1.59 bits per heavy atom. The number of nitrogens with one attached hydrogen (secondary N) is 1. The molecule has 0 saturated heterocycles. The van der Waals surface area contributed by atoms with Crippen LogP contribution in [0.1, 0.15) is 31.8 Å². The van der Waals surface area contributed by atoms with Gasteiger partial charge in [0.2, 0.25) is 0 Å². The molecule has 0 aliphatic carbocycles. The van der Waals surface area contributed by atoms with Crippen LogP contribution in [0.3, 0.4) is 0 Å². The SMILES string of the molecule is COc1ccc(CCN(C)C(=O)c2ccc(C)c(NC(=O)c3ccccc3)c2)cc1OC. The van der Waals surface area contributed by atoms with Gasteiger partial charge in [-0.05, 0) is 60.9 Å². The fraction of sp³-hybridized carbons (Fsp3) is 0.231. The first-order chi connectivity index (χ1) is 15.4. The van der Waals surface area contributed by atoms with Crippen molar-refractivity contribution in [1.82, 2.24) is 4.90 Å². The van der Waals surface area contributed by atoms with Gasteiger partial charge < -0.3 is 19.7 Å². The first kappa shape index (κ1) is 22.9. The van der Waals surface area contributed by atoms with Crippen molar-refractivity contribution in [2.24, 2.45) is 0 Å². The molecule has 1 N–H and O–H groups in total. The molecule has 2 amide bonds. The number of anilines is 1. The highest BCUT2D eigenvalue weighted by atomic mass is 16.5. The summed E-state index contributed by atoms with van der Waals surface area (Å²) in [6.07, 6.45) is 0.673. The number of amides is 2. The number of likely N-dealkylation sites (N-methyl/N-ethyl adjacent to an activating group) is 1. The third-order valence-corrected chi connectivity index (χ3v) is 5.30. The number of methoxy groups -OCH3 is 2. The van der Waals surface area contributed by atoms with Crippen molar-refractivity contribution < 1.29 is 19.1 Å². The third kappa shape index (κ3) is 5.46. The highest BCUT2D eigenvalue weighted by molar-refractivity contribution is 6.05. The van der Waals surface area contributed by atoms with Crippen LogP contribution in [0.25, 0.3) is 0 Å². The van der Waals surface area contributed by atoms with E-state index in [1.807, 2.05) is 49.4 Å². The summed E-state index contributed by atoms with van der Waals surface area (Å²) in [7, 11) is 4.97. The molecule has 0 radical (unpaired) electrons. The molecule has 6 nitrogen and oxygen atoms in total. The van der Waals surface area contributed by atoms with Gasteiger partial charge in [-0.25, -0.2) is 0 Å². The predicted octanol–water partition coefficient (Wildman–Crippen LogP) is 4.58. The minimum atomic E-state index is -0.208. The first-order valence-corrected chi connectivity index (χ1v) is 10.4. The molecule has 0 atom stereocenters. The smallest absolute Gasteiger partial charge is 0.255 e. The maximum Gasteiger partial charge on any atom is 0.255 e. The largest absolute Gasteiger partial charge is 0.493 e. The van der Waals surface area contributed by atoms with E-state index in [4.69, 9.17) is 9.47 Å². The van der Waals surface area contributed by atoms with Gasteiger partial charge >= 0.3 is 0 Å². The average molecular weight is 433 g/mol. The zero-order valence-electron chi connectivity index (χ0n) is 18.8. The van der Waals surface area contributed by atoms with Gasteiger partial charge in [0, 0.05) is 30.4 Å². The van der Waals surface area contributed by atoms with Gasteiger partial charge in [0.1, 0.15) is 0 Å². The summed E-state index contributed by atoms with van der Waals surface area (Å²) in [4.78, 5) is 27.2. The molecule has 3 rings (SSSR count). The minimum absolute atomic E-state index is 0.110. The monoisotopic (exact) mass is 432 g/mol. The Kier molecular flexibility index (Phi) is 7.49. The van der Waals surface area contributed by atoms with Crippen LogP contribution in [0.5, 0.6) is 11.5 Å². The van der Waals surface area contributed by atoms with E-state index in [9.17, 15) is 9.59 Å². The van der Waals surface area contributed by atoms with Crippen molar-refractivity contribution in [3.8, 4) is 11.5 Å². The number of hydrogen-bond donors (Lipinski definition) is 1. The summed E-state index contributed by atoms with van der Waals surface area (Å²) in [5.41, 5.74) is 3.64. The van der Waals surface area contributed by atoms with E-state index in [1.165, 1.54) is 0 Å². The zero-order valence-corrected chi connectivity index (χ0v) is 18.8. The second-order valence-electron chi connectivity index (χ2n) is 7.52. The second kappa shape index (κ2) is 10.5. The summed E-state index contributed by atoms with van der Waals surface area (Å²) < 4.78 is 10.6. The Bertz CT molecular complexity index is 1100. The molecule has 3 aromatic rings. The number of carbonyl (C=O) groups excluding carboxylic acids is 2. The molecule has 3 aromatic carbocycles. The van der Waals surface area contributed by atoms with Crippen LogP contribution in [0.15, 0.2) is 66.7 Å². The standard InChI is InChI=1S/C26H28N2O4/c1-18-10-12-21(17-22(18)27-25(29)20-8-6-5-7-9-20)26(30)28(2)15-14-19-11-13-23(31-3)24(16-19)32-4/h5-13,16-17H,14-15H2,1-4H3,(H,27,29). The quantitative estimate of drug-likeness (QED) is 0.566. The number of rotatable bonds is 8. The van der Waals surface area contributed by atoms with E-state index in [0.717, 1.165) is 11.1 Å². The van der Waals surface area contributed by atoms with Crippen LogP contribution in [0.2, 0.25) is 0 Å². The van der Waals surface area contributed by atoms with Gasteiger partial charge in [-0.1, -0.05) is 30.3 Å². The van der Waals surface area contributed by atoms with E-state index in [1.54, 1.807) is 50.4 Å². The summed E-state index contributed by atoms with van der Waals surface area (Å²) in [5.74, 6) is 1.02. The summed E-state index contributed by atoms with van der Waals surface area (Å²) in [6.45, 7) is 2.43. The molecule has 32 heavy (non-hydrogen) atoms. The molecule has 0 aromatic heterocycles. The maximum absolute atomic E-state index is 13.0. The number of aryl methyl sites for hydroxylation is 1. The Morgan fingerprint density at radius 3 is 2.28 bits per heavy atom. The molecule has 0 unspecified atom stereocenters. The average Bonchev–Trinajstić information content (AvgIpc) is 2.83. The Labute approximate surface area is 188 Å². The van der Waals surface area contributed by atoms with Gasteiger partial charge in [0.25, 0.3) is 11.8 Å². The van der Waals surface area contributed by atoms with E-state index in [-0.39, 0.29) is 11.8 Å². The van der Waals surface area contributed by atoms with Crippen LogP contribution >= 0.6 is 0 Å². The number of ether oxygens (including phenoxy) is 2. The van der Waals surface area contributed by atoms with Gasteiger partial charge in [-0.2, -0.15) is 0 Å². The lowest BCUT2D eigenvalue weighted by Gasteiger charge is -2.19. The molecule has 0 heterocycles. The lowest BCUT2D eigenvalue weighted by molar-refractivity contribution is 0.0796. The van der Waals surface area contributed by atoms with Crippen LogP contribution in [0.4, 0.5) is 5.69 Å². The van der Waals surface area contributed by atoms with Crippen molar-refractivity contribution in [3.63, 3.8) is 0 Å². The fourth-order valence-corrected chi connectivity index (χ4v) is 3.33. The number of carbonyl (C=O) groups is 2. The summed E-state index contributed by atoms with van der Waals surface area (Å²) >= 11 is 0. The van der Waals surface area contributed by atoms with Crippen molar-refractivity contribution in [1.29, 1.82) is 0 Å². The van der Waals surface area contributed by atoms with Crippen molar-refractivity contribution in [2.75, 3.05) is 33.1 Å². The molecule has 0 fully saturated rings. The normalized spacial score (nSPS) is 10.4. The maximum atomic E-state index is 13.0. The lowest BCUT2D eigenvalue weighted by Crippen LogP contribution is -2.29. The van der Waals surface area contributed by atoms with Crippen LogP contribution in [-0.4, -0.2) is 44.5 Å². The number of hydrogen-bond acceptors (Lipinski definition) is 4. The third-order valence-electron chi connectivity index (χ3n) is 5.30. The zero-order chi connectivity index (χ0) is 23.1. The van der Waals surface area contributed by atoms with Gasteiger partial charge in [-0.15, -0.1) is 0 Å². The first-order valence-electron chi connectivity index (χ1n) is 10.4. The van der Waals surface area contributed by atoms with E-state index in [0.29, 0.717) is 41.3 Å². The number of nitrogens with zero attached hydrogens (tertiary/aromatic N) is 1. The van der Waals surface area contributed by atoms with Crippen molar-refractivity contribution >= 4 is 17.5 Å². The highest BCUT2D eigenvalue weighted by Gasteiger charge is 2.15. The molecule has 0 aliphatic rings. The van der Waals surface area contributed by atoms with Gasteiger partial charge in [-0.3, -0.25) is 9.59 Å². The fourth-order valence-electron chi connectivity index (χ4n) is 3.33. The molecule has 6 heteroatoms. The van der Waals surface area contributed by atoms with Crippen LogP contribution in [-0.2, 0) is 6.42 Å². The van der Waals surface area contributed by atoms with Gasteiger partial charge in [0.05, 0.1) is 14.2 Å². The van der Waals surface area contributed by atoms with Crippen molar-refractivity contribution in [2.45, 2.75) is 13.3 Å². The number of benzene rings is 3. The molecule has 0 bridgehead atoms. The topological polar surface area (TPSA) is 67.9 Å². The Hall–Kier alpha value is -3.80. The molecular weight excluding hydrogens is 404 g/mol. The lowest BCUT2D eigenvalue weighted by atomic mass is 10.1. The minimum Gasteiger partial charge on any atom is -0.493 e. The summed E-state index contributed by atoms with van der Waals surface area (Å²) in [6, 6.07) is 20.1. The molecule has 166 valence electrons. The van der Waals surface area contributed by atoms with E-state index >= 15 is 0 Å². The Morgan fingerprint density at radius 1 is 0.875 bits per heavy atom. The van der Waals surface area contributed by atoms with Crippen LogP contribution in [0, 0.1) is 6.92 Å². The molecule has 0 saturated carbocycles. The molecule has 0 spiro atoms. The molecule has 0 aliphatic heterocycles. The predicted molar refractivity (Wildman–Crippen MR) is 126 cm³/mol. The van der Waals surface area contributed by atoms with E-state index in [2.05, 4.69) is 5.32 Å². The van der Waals surface area contributed by atoms with E-state index < -0.39 is 0 Å². The Balaban J connectivity index is 1.68. The molecular formula is C26H28N2O4. The van der Waals surface area contributed by atoms with Gasteiger partial charge in [0.15, 0.2) is 11.5 Å². The summed E-state index contributed by atoms with van der Waals surface area (Å²) in [5, 5.41) is 2.91. The van der Waals surface area contributed by atoms with Crippen molar-refractivity contribution in [3.05, 3.63) is 89.0 Å². The highest BCUT2D eigenvalue weighted by Crippen LogP contribution is 2.27. The van der Waals surface area contributed by atoms with Crippen LogP contribution < -0.4 is 14.8 Å².